The molecule has 1 aliphatic heterocycles. The fourth-order valence-electron chi connectivity index (χ4n) is 2.91. The minimum atomic E-state index is -0.517. The lowest BCUT2D eigenvalue weighted by molar-refractivity contribution is 0.0921. The number of hydrogen-bond donors (Lipinski definition) is 1. The van der Waals surface area contributed by atoms with Gasteiger partial charge in [0.25, 0.3) is 0 Å². The number of aliphatic hydroxyl groups excluding tert-OH is 1. The lowest BCUT2D eigenvalue weighted by Crippen LogP contribution is -2.25. The summed E-state index contributed by atoms with van der Waals surface area (Å²) >= 11 is 3.53. The SMILES string of the molecule is OC1COc2ccc(Br)cc2-c2cc3ccccc3n2C1. The van der Waals surface area contributed by atoms with Crippen molar-refractivity contribution in [2.24, 2.45) is 0 Å². The Morgan fingerprint density at radius 3 is 2.90 bits per heavy atom. The molecule has 21 heavy (non-hydrogen) atoms. The van der Waals surface area contributed by atoms with Crippen LogP contribution in [0.4, 0.5) is 0 Å². The molecule has 2 heterocycles. The van der Waals surface area contributed by atoms with Crippen LogP contribution in [-0.4, -0.2) is 22.4 Å². The lowest BCUT2D eigenvalue weighted by atomic mass is 10.1. The van der Waals surface area contributed by atoms with Gasteiger partial charge in [-0.15, -0.1) is 0 Å². The van der Waals surface area contributed by atoms with Crippen molar-refractivity contribution in [1.82, 2.24) is 4.57 Å². The molecule has 1 aromatic heterocycles. The molecule has 1 N–H and O–H groups in total. The largest absolute Gasteiger partial charge is 0.490 e. The van der Waals surface area contributed by atoms with E-state index in [2.05, 4.69) is 44.8 Å². The van der Waals surface area contributed by atoms with E-state index in [1.807, 2.05) is 24.3 Å². The normalized spacial score (nSPS) is 17.5. The summed E-state index contributed by atoms with van der Waals surface area (Å²) in [6, 6.07) is 16.4. The highest BCUT2D eigenvalue weighted by Gasteiger charge is 2.20. The van der Waals surface area contributed by atoms with Gasteiger partial charge in [0.1, 0.15) is 18.5 Å². The summed E-state index contributed by atoms with van der Waals surface area (Å²) in [4.78, 5) is 0. The number of benzene rings is 2. The van der Waals surface area contributed by atoms with Crippen LogP contribution >= 0.6 is 15.9 Å². The molecule has 0 radical (unpaired) electrons. The van der Waals surface area contributed by atoms with Crippen molar-refractivity contribution in [2.45, 2.75) is 12.6 Å². The van der Waals surface area contributed by atoms with Crippen molar-refractivity contribution in [2.75, 3.05) is 6.61 Å². The monoisotopic (exact) mass is 343 g/mol. The minimum Gasteiger partial charge on any atom is -0.490 e. The van der Waals surface area contributed by atoms with Crippen LogP contribution in [0, 0.1) is 0 Å². The van der Waals surface area contributed by atoms with Crippen molar-refractivity contribution in [3.05, 3.63) is 53.0 Å². The van der Waals surface area contributed by atoms with Crippen LogP contribution in [-0.2, 0) is 6.54 Å². The molecule has 0 fully saturated rings. The molecule has 106 valence electrons. The van der Waals surface area contributed by atoms with Gasteiger partial charge >= 0.3 is 0 Å². The maximum absolute atomic E-state index is 10.2. The predicted molar refractivity (Wildman–Crippen MR) is 86.6 cm³/mol. The van der Waals surface area contributed by atoms with E-state index >= 15 is 0 Å². The van der Waals surface area contributed by atoms with Crippen LogP contribution in [0.2, 0.25) is 0 Å². The zero-order valence-corrected chi connectivity index (χ0v) is 12.9. The molecule has 1 aliphatic rings. The summed E-state index contributed by atoms with van der Waals surface area (Å²) in [6.07, 6.45) is -0.517. The molecule has 0 bridgehead atoms. The molecule has 0 aliphatic carbocycles. The van der Waals surface area contributed by atoms with Gasteiger partial charge in [0.15, 0.2) is 0 Å². The molecule has 0 amide bonds. The lowest BCUT2D eigenvalue weighted by Gasteiger charge is -2.22. The third kappa shape index (κ3) is 2.15. The Balaban J connectivity index is 2.05. The molecule has 4 rings (SSSR count). The highest BCUT2D eigenvalue weighted by atomic mass is 79.9. The molecule has 2 aromatic carbocycles. The van der Waals surface area contributed by atoms with Crippen LogP contribution in [0.25, 0.3) is 22.2 Å². The molecule has 0 saturated heterocycles. The smallest absolute Gasteiger partial charge is 0.128 e. The zero-order valence-electron chi connectivity index (χ0n) is 11.3. The van der Waals surface area contributed by atoms with Crippen molar-refractivity contribution < 1.29 is 9.84 Å². The summed E-state index contributed by atoms with van der Waals surface area (Å²) in [6.45, 7) is 0.843. The standard InChI is InChI=1S/C17H14BrNO2/c18-12-5-6-17-14(8-12)16-7-11-3-1-2-4-15(11)19(16)9-13(20)10-21-17/h1-8,13,20H,9-10H2. The third-order valence-corrected chi connectivity index (χ3v) is 4.35. The second-order valence-corrected chi connectivity index (χ2v) is 6.22. The molecular weight excluding hydrogens is 330 g/mol. The number of fused-ring (bicyclic) bond motifs is 5. The van der Waals surface area contributed by atoms with E-state index in [4.69, 9.17) is 4.74 Å². The average Bonchev–Trinajstić information content (AvgIpc) is 2.83. The van der Waals surface area contributed by atoms with Crippen molar-refractivity contribution in [1.29, 1.82) is 0 Å². The quantitative estimate of drug-likeness (QED) is 0.673. The highest BCUT2D eigenvalue weighted by Crippen LogP contribution is 2.37. The van der Waals surface area contributed by atoms with Gasteiger partial charge in [-0.1, -0.05) is 34.1 Å². The summed E-state index contributed by atoms with van der Waals surface area (Å²) in [5.41, 5.74) is 3.26. The van der Waals surface area contributed by atoms with Crippen LogP contribution in [0.1, 0.15) is 0 Å². The van der Waals surface area contributed by atoms with Gasteiger partial charge < -0.3 is 14.4 Å². The van der Waals surface area contributed by atoms with Crippen LogP contribution in [0.5, 0.6) is 5.75 Å². The zero-order chi connectivity index (χ0) is 14.4. The van der Waals surface area contributed by atoms with E-state index in [9.17, 15) is 5.11 Å². The fourth-order valence-corrected chi connectivity index (χ4v) is 3.27. The number of ether oxygens (including phenoxy) is 1. The number of halogens is 1. The minimum absolute atomic E-state index is 0.306. The van der Waals surface area contributed by atoms with Gasteiger partial charge in [0, 0.05) is 20.9 Å². The van der Waals surface area contributed by atoms with Crippen molar-refractivity contribution >= 4 is 26.8 Å². The number of para-hydroxylation sites is 1. The topological polar surface area (TPSA) is 34.4 Å². The second kappa shape index (κ2) is 4.90. The molecule has 0 saturated carbocycles. The summed E-state index contributed by atoms with van der Waals surface area (Å²) in [5.74, 6) is 0.806. The molecule has 3 aromatic rings. The third-order valence-electron chi connectivity index (χ3n) is 3.85. The van der Waals surface area contributed by atoms with Crippen molar-refractivity contribution in [3.8, 4) is 17.0 Å². The average molecular weight is 344 g/mol. The van der Waals surface area contributed by atoms with Gasteiger partial charge in [0.2, 0.25) is 0 Å². The Labute approximate surface area is 130 Å². The molecule has 1 unspecified atom stereocenters. The first-order valence-electron chi connectivity index (χ1n) is 6.91. The van der Waals surface area contributed by atoms with Crippen molar-refractivity contribution in [3.63, 3.8) is 0 Å². The van der Waals surface area contributed by atoms with E-state index in [1.54, 1.807) is 0 Å². The fraction of sp³-hybridized carbons (Fsp3) is 0.176. The Kier molecular flexibility index (Phi) is 3.01. The number of rotatable bonds is 0. The van der Waals surface area contributed by atoms with Gasteiger partial charge in [-0.3, -0.25) is 0 Å². The summed E-state index contributed by atoms with van der Waals surface area (Å²) in [7, 11) is 0. The maximum Gasteiger partial charge on any atom is 0.128 e. The number of aliphatic hydroxyl groups is 1. The first-order valence-corrected chi connectivity index (χ1v) is 7.71. The number of hydrogen-bond acceptors (Lipinski definition) is 2. The van der Waals surface area contributed by atoms with Crippen LogP contribution in [0.3, 0.4) is 0 Å². The molecule has 3 nitrogen and oxygen atoms in total. The van der Waals surface area contributed by atoms with E-state index in [0.717, 1.165) is 27.0 Å². The molecular formula is C17H14BrNO2. The summed E-state index contributed by atoms with van der Waals surface area (Å²) in [5, 5.41) is 11.3. The van der Waals surface area contributed by atoms with E-state index in [0.29, 0.717) is 13.2 Å². The first-order chi connectivity index (χ1) is 10.2. The second-order valence-electron chi connectivity index (χ2n) is 5.30. The van der Waals surface area contributed by atoms with Crippen LogP contribution in [0.15, 0.2) is 53.0 Å². The first kappa shape index (κ1) is 12.9. The maximum atomic E-state index is 10.2. The Morgan fingerprint density at radius 2 is 2.00 bits per heavy atom. The van der Waals surface area contributed by atoms with Gasteiger partial charge in [-0.25, -0.2) is 0 Å². The Morgan fingerprint density at radius 1 is 1.14 bits per heavy atom. The Bertz CT molecular complexity index is 825. The van der Waals surface area contributed by atoms with E-state index in [-0.39, 0.29) is 0 Å². The number of aromatic nitrogens is 1. The molecule has 0 spiro atoms. The highest BCUT2D eigenvalue weighted by molar-refractivity contribution is 9.10. The molecule has 4 heteroatoms. The Hall–Kier alpha value is -1.78. The van der Waals surface area contributed by atoms with E-state index in [1.165, 1.54) is 5.39 Å². The molecule has 1 atom stereocenters. The van der Waals surface area contributed by atoms with Gasteiger partial charge in [-0.2, -0.15) is 0 Å². The van der Waals surface area contributed by atoms with E-state index < -0.39 is 6.10 Å². The number of nitrogens with zero attached hydrogens (tertiary/aromatic N) is 1. The predicted octanol–water partition coefficient (Wildman–Crippen LogP) is 3.82. The van der Waals surface area contributed by atoms with Crippen LogP contribution < -0.4 is 4.74 Å². The summed E-state index contributed by atoms with van der Waals surface area (Å²) < 4.78 is 8.96. The van der Waals surface area contributed by atoms with Gasteiger partial charge in [0.05, 0.1) is 12.2 Å². The van der Waals surface area contributed by atoms with Gasteiger partial charge in [-0.05, 0) is 30.3 Å².